The summed E-state index contributed by atoms with van der Waals surface area (Å²) < 4.78 is 27.8. The zero-order valence-corrected chi connectivity index (χ0v) is 18.4. The highest BCUT2D eigenvalue weighted by atomic mass is 32.2. The Labute approximate surface area is 189 Å². The van der Waals surface area contributed by atoms with Crippen LogP contribution in [0.4, 0.5) is 15.9 Å². The summed E-state index contributed by atoms with van der Waals surface area (Å²) in [5.41, 5.74) is 12.2. The first kappa shape index (κ1) is 23.2. The molecule has 166 valence electrons. The van der Waals surface area contributed by atoms with E-state index < -0.39 is 28.6 Å². The highest BCUT2D eigenvalue weighted by Crippen LogP contribution is 2.29. The van der Waals surface area contributed by atoms with E-state index in [-0.39, 0.29) is 18.1 Å². The summed E-state index contributed by atoms with van der Waals surface area (Å²) >= 11 is 1.11. The normalized spacial score (nSPS) is 11.6. The molecule has 0 saturated heterocycles. The number of nitrogens with zero attached hydrogens (tertiary/aromatic N) is 2. The zero-order valence-electron chi connectivity index (χ0n) is 16.8. The largest absolute Gasteiger partial charge is 0.382 e. The number of rotatable bonds is 8. The van der Waals surface area contributed by atoms with Gasteiger partial charge in [-0.3, -0.25) is 9.59 Å². The molecule has 6 N–H and O–H groups in total. The molecule has 0 aliphatic carbocycles. The molecule has 1 aromatic heterocycles. The van der Waals surface area contributed by atoms with E-state index in [2.05, 4.69) is 20.0 Å². The molecule has 3 aromatic rings. The molecule has 0 saturated carbocycles. The second kappa shape index (κ2) is 10.2. The Morgan fingerprint density at radius 3 is 2.69 bits per heavy atom. The van der Waals surface area contributed by atoms with Gasteiger partial charge in [0.15, 0.2) is 11.5 Å². The van der Waals surface area contributed by atoms with Gasteiger partial charge in [0.2, 0.25) is 5.91 Å². The lowest BCUT2D eigenvalue weighted by atomic mass is 10.1. The summed E-state index contributed by atoms with van der Waals surface area (Å²) in [4.78, 5) is 33.1. The Balaban J connectivity index is 1.79. The lowest BCUT2D eigenvalue weighted by Gasteiger charge is -2.12. The van der Waals surface area contributed by atoms with Crippen LogP contribution < -0.4 is 21.5 Å². The Morgan fingerprint density at radius 1 is 1.22 bits per heavy atom. The number of carbonyl (C=O) groups excluding carboxylic acids is 2. The van der Waals surface area contributed by atoms with Gasteiger partial charge in [-0.05, 0) is 35.9 Å². The quantitative estimate of drug-likeness (QED) is 0.390. The van der Waals surface area contributed by atoms with Crippen LogP contribution in [0.15, 0.2) is 58.6 Å². The standard InChI is InChI=1S/C20H19FN6O3S2/c1-32(30)27-14-7-6-12(21)8-11(14)9-25-20(29)17-18(22)24-10-16(26-17)31-15-5-3-2-4-13(15)19(23)28/h2-8,10,27H,9H2,1H3,(H2,22,24)(H2,23,28)(H,25,29). The van der Waals surface area contributed by atoms with Gasteiger partial charge in [0.25, 0.3) is 5.91 Å². The Hall–Kier alpha value is -3.51. The number of amides is 2. The summed E-state index contributed by atoms with van der Waals surface area (Å²) in [7, 11) is -1.38. The number of hydrogen-bond acceptors (Lipinski definition) is 7. The van der Waals surface area contributed by atoms with Crippen molar-refractivity contribution >= 4 is 46.1 Å². The van der Waals surface area contributed by atoms with Crippen molar-refractivity contribution in [3.8, 4) is 0 Å². The molecule has 0 fully saturated rings. The molecule has 2 amide bonds. The number of hydrogen-bond donors (Lipinski definition) is 4. The summed E-state index contributed by atoms with van der Waals surface area (Å²) in [6.45, 7) is -0.0703. The fourth-order valence-electron chi connectivity index (χ4n) is 2.69. The first-order valence-corrected chi connectivity index (χ1v) is 11.5. The average Bonchev–Trinajstić information content (AvgIpc) is 2.75. The number of carbonyl (C=O) groups is 2. The van der Waals surface area contributed by atoms with Crippen molar-refractivity contribution in [3.63, 3.8) is 0 Å². The van der Waals surface area contributed by atoms with E-state index in [1.165, 1.54) is 30.7 Å². The van der Waals surface area contributed by atoms with Crippen LogP contribution in [0.25, 0.3) is 0 Å². The van der Waals surface area contributed by atoms with Crippen LogP contribution in [0.3, 0.4) is 0 Å². The van der Waals surface area contributed by atoms with E-state index in [1.54, 1.807) is 24.3 Å². The van der Waals surface area contributed by atoms with Crippen molar-refractivity contribution in [2.24, 2.45) is 5.73 Å². The van der Waals surface area contributed by atoms with Gasteiger partial charge in [0.05, 0.1) is 17.4 Å². The van der Waals surface area contributed by atoms with Crippen LogP contribution in [-0.4, -0.2) is 32.2 Å². The number of nitrogen functional groups attached to an aromatic ring is 1. The minimum atomic E-state index is -1.38. The lowest BCUT2D eigenvalue weighted by Crippen LogP contribution is -2.26. The summed E-state index contributed by atoms with van der Waals surface area (Å²) in [5, 5.41) is 2.93. The molecule has 0 spiro atoms. The van der Waals surface area contributed by atoms with Crippen molar-refractivity contribution in [3.05, 3.63) is 71.3 Å². The molecule has 1 atom stereocenters. The highest BCUT2D eigenvalue weighted by molar-refractivity contribution is 7.99. The molecule has 32 heavy (non-hydrogen) atoms. The van der Waals surface area contributed by atoms with Gasteiger partial charge in [-0.2, -0.15) is 0 Å². The lowest BCUT2D eigenvalue weighted by molar-refractivity contribution is 0.0944. The van der Waals surface area contributed by atoms with Crippen molar-refractivity contribution < 1.29 is 18.2 Å². The van der Waals surface area contributed by atoms with Crippen LogP contribution in [0, 0.1) is 5.82 Å². The third-order valence-corrected chi connectivity index (χ3v) is 5.61. The molecular weight excluding hydrogens is 455 g/mol. The minimum absolute atomic E-state index is 0.0703. The van der Waals surface area contributed by atoms with E-state index in [1.807, 2.05) is 0 Å². The van der Waals surface area contributed by atoms with E-state index in [9.17, 15) is 18.2 Å². The van der Waals surface area contributed by atoms with Gasteiger partial charge in [-0.1, -0.05) is 23.9 Å². The number of anilines is 2. The van der Waals surface area contributed by atoms with Crippen molar-refractivity contribution in [2.45, 2.75) is 16.5 Å². The molecule has 0 aliphatic heterocycles. The molecule has 1 unspecified atom stereocenters. The number of aromatic nitrogens is 2. The van der Waals surface area contributed by atoms with E-state index in [4.69, 9.17) is 11.5 Å². The topological polar surface area (TPSA) is 153 Å². The Bertz CT molecular complexity index is 1210. The third-order valence-electron chi connectivity index (χ3n) is 4.12. The molecule has 0 aliphatic rings. The van der Waals surface area contributed by atoms with E-state index >= 15 is 0 Å². The van der Waals surface area contributed by atoms with Gasteiger partial charge in [-0.15, -0.1) is 0 Å². The third kappa shape index (κ3) is 5.80. The number of halogens is 1. The first-order chi connectivity index (χ1) is 15.2. The van der Waals surface area contributed by atoms with Crippen LogP contribution in [-0.2, 0) is 17.5 Å². The average molecular weight is 475 g/mol. The predicted molar refractivity (Wildman–Crippen MR) is 121 cm³/mol. The summed E-state index contributed by atoms with van der Waals surface area (Å²) in [6, 6.07) is 10.6. The number of benzene rings is 2. The number of primary amides is 1. The predicted octanol–water partition coefficient (Wildman–Crippen LogP) is 2.08. The van der Waals surface area contributed by atoms with E-state index in [0.29, 0.717) is 26.7 Å². The monoisotopic (exact) mass is 474 g/mol. The minimum Gasteiger partial charge on any atom is -0.382 e. The second-order valence-electron chi connectivity index (χ2n) is 6.44. The fourth-order valence-corrected chi connectivity index (χ4v) is 4.09. The Kier molecular flexibility index (Phi) is 7.38. The van der Waals surface area contributed by atoms with Crippen LogP contribution in [0.2, 0.25) is 0 Å². The highest BCUT2D eigenvalue weighted by Gasteiger charge is 2.17. The van der Waals surface area contributed by atoms with Crippen molar-refractivity contribution in [1.82, 2.24) is 15.3 Å². The maximum atomic E-state index is 13.7. The van der Waals surface area contributed by atoms with Gasteiger partial charge in [0.1, 0.15) is 21.8 Å². The maximum absolute atomic E-state index is 13.7. The second-order valence-corrected chi connectivity index (χ2v) is 8.62. The molecule has 1 heterocycles. The van der Waals surface area contributed by atoms with E-state index in [0.717, 1.165) is 11.8 Å². The van der Waals surface area contributed by atoms with Crippen LogP contribution >= 0.6 is 11.8 Å². The van der Waals surface area contributed by atoms with Crippen LogP contribution in [0.1, 0.15) is 26.4 Å². The number of nitrogens with two attached hydrogens (primary N) is 2. The number of nitrogens with one attached hydrogen (secondary N) is 2. The molecule has 9 nitrogen and oxygen atoms in total. The van der Waals surface area contributed by atoms with Gasteiger partial charge >= 0.3 is 0 Å². The molecule has 0 radical (unpaired) electrons. The van der Waals surface area contributed by atoms with Crippen molar-refractivity contribution in [1.29, 1.82) is 0 Å². The summed E-state index contributed by atoms with van der Waals surface area (Å²) in [6.07, 6.45) is 2.81. The van der Waals surface area contributed by atoms with Gasteiger partial charge < -0.3 is 21.5 Å². The SMILES string of the molecule is CS(=O)Nc1ccc(F)cc1CNC(=O)c1nc(Sc2ccccc2C(N)=O)cnc1N. The smallest absolute Gasteiger partial charge is 0.274 e. The Morgan fingerprint density at radius 2 is 1.97 bits per heavy atom. The molecule has 3 rings (SSSR count). The molecular formula is C20H19FN6O3S2. The summed E-state index contributed by atoms with van der Waals surface area (Å²) in [5.74, 6) is -1.83. The maximum Gasteiger partial charge on any atom is 0.274 e. The van der Waals surface area contributed by atoms with Gasteiger partial charge in [0, 0.05) is 17.7 Å². The molecule has 2 aromatic carbocycles. The van der Waals surface area contributed by atoms with Gasteiger partial charge in [-0.25, -0.2) is 18.6 Å². The molecule has 0 bridgehead atoms. The first-order valence-electron chi connectivity index (χ1n) is 9.10. The molecule has 12 heteroatoms. The van der Waals surface area contributed by atoms with Crippen molar-refractivity contribution in [2.75, 3.05) is 16.7 Å². The fraction of sp³-hybridized carbons (Fsp3) is 0.100. The van der Waals surface area contributed by atoms with Crippen LogP contribution in [0.5, 0.6) is 0 Å². The zero-order chi connectivity index (χ0) is 23.3.